The van der Waals surface area contributed by atoms with E-state index in [1.807, 2.05) is 27.7 Å². The molecule has 0 unspecified atom stereocenters. The number of benzene rings is 1. The molecule has 0 radical (unpaired) electrons. The molecule has 138 valence electrons. The predicted octanol–water partition coefficient (Wildman–Crippen LogP) is 0.725. The summed E-state index contributed by atoms with van der Waals surface area (Å²) in [5.41, 5.74) is 2.67. The van der Waals surface area contributed by atoms with Gasteiger partial charge in [-0.25, -0.2) is 15.0 Å². The van der Waals surface area contributed by atoms with Gasteiger partial charge in [-0.05, 0) is 5.56 Å². The van der Waals surface area contributed by atoms with Gasteiger partial charge in [0.05, 0.1) is 19.5 Å². The molecule has 0 atom stereocenters. The first-order valence-corrected chi connectivity index (χ1v) is 8.69. The SMILES string of the molecule is OCCN(CCO)CCn1cnc2c(NCc3ccccc3)ncnc21. The van der Waals surface area contributed by atoms with Crippen molar-refractivity contribution in [3.8, 4) is 0 Å². The molecular formula is C18H24N6O2. The number of aromatic nitrogens is 4. The molecule has 0 saturated heterocycles. The van der Waals surface area contributed by atoms with Crippen molar-refractivity contribution in [2.24, 2.45) is 0 Å². The molecule has 0 fully saturated rings. The summed E-state index contributed by atoms with van der Waals surface area (Å²) < 4.78 is 1.96. The summed E-state index contributed by atoms with van der Waals surface area (Å²) in [6.45, 7) is 3.24. The average Bonchev–Trinajstić information content (AvgIpc) is 3.09. The van der Waals surface area contributed by atoms with Crippen LogP contribution in [0.4, 0.5) is 5.82 Å². The van der Waals surface area contributed by atoms with Crippen LogP contribution >= 0.6 is 0 Å². The van der Waals surface area contributed by atoms with E-state index in [9.17, 15) is 0 Å². The predicted molar refractivity (Wildman–Crippen MR) is 99.7 cm³/mol. The van der Waals surface area contributed by atoms with Gasteiger partial charge < -0.3 is 20.1 Å². The molecule has 8 heteroatoms. The maximum atomic E-state index is 9.11. The average molecular weight is 356 g/mol. The molecule has 0 saturated carbocycles. The summed E-state index contributed by atoms with van der Waals surface area (Å²) in [5.74, 6) is 0.708. The minimum absolute atomic E-state index is 0.0698. The van der Waals surface area contributed by atoms with Crippen LogP contribution in [0.3, 0.4) is 0 Å². The fourth-order valence-corrected chi connectivity index (χ4v) is 2.82. The third kappa shape index (κ3) is 4.54. The van der Waals surface area contributed by atoms with Crippen molar-refractivity contribution >= 4 is 17.0 Å². The van der Waals surface area contributed by atoms with Crippen molar-refractivity contribution in [2.75, 3.05) is 38.2 Å². The maximum Gasteiger partial charge on any atom is 0.165 e. The summed E-state index contributed by atoms with van der Waals surface area (Å²) in [4.78, 5) is 15.1. The van der Waals surface area contributed by atoms with Crippen LogP contribution in [0.5, 0.6) is 0 Å². The van der Waals surface area contributed by atoms with Gasteiger partial charge in [-0.1, -0.05) is 30.3 Å². The van der Waals surface area contributed by atoms with E-state index in [-0.39, 0.29) is 13.2 Å². The van der Waals surface area contributed by atoms with Crippen LogP contribution in [0.2, 0.25) is 0 Å². The Morgan fingerprint density at radius 3 is 2.46 bits per heavy atom. The summed E-state index contributed by atoms with van der Waals surface area (Å²) in [6, 6.07) is 10.1. The number of rotatable bonds is 10. The first kappa shape index (κ1) is 18.2. The smallest absolute Gasteiger partial charge is 0.165 e. The third-order valence-electron chi connectivity index (χ3n) is 4.19. The van der Waals surface area contributed by atoms with Crippen LogP contribution < -0.4 is 5.32 Å². The molecule has 2 heterocycles. The van der Waals surface area contributed by atoms with Gasteiger partial charge in [0.25, 0.3) is 0 Å². The summed E-state index contributed by atoms with van der Waals surface area (Å²) >= 11 is 0. The van der Waals surface area contributed by atoms with Gasteiger partial charge in [-0.15, -0.1) is 0 Å². The fourth-order valence-electron chi connectivity index (χ4n) is 2.82. The van der Waals surface area contributed by atoms with Crippen LogP contribution in [0, 0.1) is 0 Å². The Labute approximate surface area is 152 Å². The van der Waals surface area contributed by atoms with Gasteiger partial charge in [-0.3, -0.25) is 4.90 Å². The molecule has 3 rings (SSSR count). The molecule has 26 heavy (non-hydrogen) atoms. The van der Waals surface area contributed by atoms with Crippen molar-refractivity contribution in [1.82, 2.24) is 24.4 Å². The molecule has 0 aliphatic rings. The second-order valence-electron chi connectivity index (χ2n) is 5.96. The van der Waals surface area contributed by atoms with E-state index in [0.717, 1.165) is 11.2 Å². The van der Waals surface area contributed by atoms with Crippen LogP contribution in [0.15, 0.2) is 43.0 Å². The maximum absolute atomic E-state index is 9.11. The second kappa shape index (κ2) is 9.23. The normalized spacial score (nSPS) is 11.3. The highest BCUT2D eigenvalue weighted by Gasteiger charge is 2.11. The summed E-state index contributed by atoms with van der Waals surface area (Å²) in [5, 5.41) is 21.5. The number of aliphatic hydroxyl groups excluding tert-OH is 2. The Morgan fingerprint density at radius 1 is 0.962 bits per heavy atom. The summed E-state index contributed by atoms with van der Waals surface area (Å²) in [6.07, 6.45) is 3.29. The highest BCUT2D eigenvalue weighted by molar-refractivity contribution is 5.82. The number of imidazole rings is 1. The lowest BCUT2D eigenvalue weighted by Gasteiger charge is -2.20. The number of nitrogens with one attached hydrogen (secondary N) is 1. The lowest BCUT2D eigenvalue weighted by molar-refractivity contribution is 0.157. The van der Waals surface area contributed by atoms with E-state index in [0.29, 0.717) is 38.5 Å². The van der Waals surface area contributed by atoms with E-state index < -0.39 is 0 Å². The van der Waals surface area contributed by atoms with E-state index in [4.69, 9.17) is 10.2 Å². The number of nitrogens with zero attached hydrogens (tertiary/aromatic N) is 5. The van der Waals surface area contributed by atoms with Gasteiger partial charge in [0.15, 0.2) is 11.5 Å². The van der Waals surface area contributed by atoms with Crippen molar-refractivity contribution < 1.29 is 10.2 Å². The molecule has 0 aliphatic heterocycles. The Kier molecular flexibility index (Phi) is 6.48. The van der Waals surface area contributed by atoms with Crippen LogP contribution in [0.25, 0.3) is 11.2 Å². The molecule has 8 nitrogen and oxygen atoms in total. The number of aliphatic hydroxyl groups is 2. The zero-order chi connectivity index (χ0) is 18.2. The minimum atomic E-state index is 0.0698. The molecule has 3 N–H and O–H groups in total. The monoisotopic (exact) mass is 356 g/mol. The molecule has 0 spiro atoms. The third-order valence-corrected chi connectivity index (χ3v) is 4.19. The molecule has 0 amide bonds. The number of hydrogen-bond donors (Lipinski definition) is 3. The van der Waals surface area contributed by atoms with Crippen molar-refractivity contribution in [1.29, 1.82) is 0 Å². The van der Waals surface area contributed by atoms with Gasteiger partial charge >= 0.3 is 0 Å². The van der Waals surface area contributed by atoms with E-state index in [1.54, 1.807) is 6.33 Å². The van der Waals surface area contributed by atoms with Gasteiger partial charge in [0.2, 0.25) is 0 Å². The second-order valence-corrected chi connectivity index (χ2v) is 5.96. The minimum Gasteiger partial charge on any atom is -0.395 e. The Morgan fingerprint density at radius 2 is 1.73 bits per heavy atom. The molecular weight excluding hydrogens is 332 g/mol. The highest BCUT2D eigenvalue weighted by atomic mass is 16.3. The number of fused-ring (bicyclic) bond motifs is 1. The highest BCUT2D eigenvalue weighted by Crippen LogP contribution is 2.18. The summed E-state index contributed by atoms with van der Waals surface area (Å²) in [7, 11) is 0. The van der Waals surface area contributed by atoms with E-state index >= 15 is 0 Å². The number of hydrogen-bond acceptors (Lipinski definition) is 7. The zero-order valence-electron chi connectivity index (χ0n) is 14.6. The van der Waals surface area contributed by atoms with Crippen molar-refractivity contribution in [3.63, 3.8) is 0 Å². The fraction of sp³-hybridized carbons (Fsp3) is 0.389. The van der Waals surface area contributed by atoms with Gasteiger partial charge in [0, 0.05) is 32.7 Å². The quantitative estimate of drug-likeness (QED) is 0.492. The Balaban J connectivity index is 1.69. The molecule has 1 aromatic carbocycles. The number of anilines is 1. The first-order chi connectivity index (χ1) is 12.8. The lowest BCUT2D eigenvalue weighted by atomic mass is 10.2. The van der Waals surface area contributed by atoms with Gasteiger partial charge in [-0.2, -0.15) is 0 Å². The molecule has 0 bridgehead atoms. The van der Waals surface area contributed by atoms with Crippen LogP contribution in [0.1, 0.15) is 5.56 Å². The van der Waals surface area contributed by atoms with Crippen molar-refractivity contribution in [2.45, 2.75) is 13.1 Å². The molecule has 0 aliphatic carbocycles. The van der Waals surface area contributed by atoms with Crippen LogP contribution in [-0.4, -0.2) is 67.5 Å². The standard InChI is InChI=1S/C18H24N6O2/c25-10-8-23(9-11-26)6-7-24-14-22-16-17(20-13-21-18(16)24)19-12-15-4-2-1-3-5-15/h1-5,13-14,25-26H,6-12H2,(H,19,20,21). The Hall–Kier alpha value is -2.55. The molecule has 2 aromatic heterocycles. The zero-order valence-corrected chi connectivity index (χ0v) is 14.6. The topological polar surface area (TPSA) is 99.3 Å². The van der Waals surface area contributed by atoms with Crippen LogP contribution in [-0.2, 0) is 13.1 Å². The first-order valence-electron chi connectivity index (χ1n) is 8.69. The van der Waals surface area contributed by atoms with E-state index in [1.165, 1.54) is 11.9 Å². The van der Waals surface area contributed by atoms with Crippen molar-refractivity contribution in [3.05, 3.63) is 48.5 Å². The Bertz CT molecular complexity index is 802. The van der Waals surface area contributed by atoms with Gasteiger partial charge in [0.1, 0.15) is 11.8 Å². The lowest BCUT2D eigenvalue weighted by Crippen LogP contribution is -2.32. The molecule has 3 aromatic rings. The van der Waals surface area contributed by atoms with E-state index in [2.05, 4.69) is 32.4 Å². The largest absolute Gasteiger partial charge is 0.395 e.